The third-order valence-corrected chi connectivity index (χ3v) is 3.90. The van der Waals surface area contributed by atoms with Crippen LogP contribution in [0.5, 0.6) is 11.5 Å². The first-order chi connectivity index (χ1) is 14.1. The maximum atomic E-state index is 11.9. The monoisotopic (exact) mass is 397 g/mol. The SMILES string of the molecule is COc1ccc(-c2noc(COC(=O)CNC(=O)c3ccccc3)n2)c(OC)c1. The number of benzene rings is 2. The molecule has 0 saturated carbocycles. The minimum Gasteiger partial charge on any atom is -0.497 e. The van der Waals surface area contributed by atoms with E-state index in [1.54, 1.807) is 55.6 Å². The molecule has 0 bridgehead atoms. The molecule has 0 saturated heterocycles. The zero-order chi connectivity index (χ0) is 20.6. The van der Waals surface area contributed by atoms with Gasteiger partial charge in [0.1, 0.15) is 18.0 Å². The lowest BCUT2D eigenvalue weighted by Gasteiger charge is -2.07. The number of esters is 1. The Bertz CT molecular complexity index is 987. The molecule has 29 heavy (non-hydrogen) atoms. The normalized spacial score (nSPS) is 10.3. The molecule has 9 nitrogen and oxygen atoms in total. The Balaban J connectivity index is 1.54. The summed E-state index contributed by atoms with van der Waals surface area (Å²) in [6.45, 7) is -0.494. The van der Waals surface area contributed by atoms with Crippen LogP contribution in [0, 0.1) is 0 Å². The second-order valence-electron chi connectivity index (χ2n) is 5.79. The van der Waals surface area contributed by atoms with Gasteiger partial charge in [0, 0.05) is 11.6 Å². The summed E-state index contributed by atoms with van der Waals surface area (Å²) in [6, 6.07) is 13.7. The average Bonchev–Trinajstić information content (AvgIpc) is 3.25. The third kappa shape index (κ3) is 5.10. The molecule has 3 aromatic rings. The molecule has 0 atom stereocenters. The predicted octanol–water partition coefficient (Wildman–Crippen LogP) is 2.23. The highest BCUT2D eigenvalue weighted by atomic mass is 16.6. The van der Waals surface area contributed by atoms with Gasteiger partial charge >= 0.3 is 5.97 Å². The smallest absolute Gasteiger partial charge is 0.325 e. The van der Waals surface area contributed by atoms with Gasteiger partial charge in [-0.2, -0.15) is 4.98 Å². The van der Waals surface area contributed by atoms with Crippen LogP contribution in [-0.4, -0.2) is 42.8 Å². The van der Waals surface area contributed by atoms with Crippen LogP contribution >= 0.6 is 0 Å². The van der Waals surface area contributed by atoms with E-state index < -0.39 is 5.97 Å². The molecule has 3 rings (SSSR count). The molecular formula is C20H19N3O6. The Hall–Kier alpha value is -3.88. The number of methoxy groups -OCH3 is 2. The molecular weight excluding hydrogens is 378 g/mol. The van der Waals surface area contributed by atoms with Crippen LogP contribution in [-0.2, 0) is 16.1 Å². The van der Waals surface area contributed by atoms with Crippen LogP contribution in [0.3, 0.4) is 0 Å². The second-order valence-corrected chi connectivity index (χ2v) is 5.79. The number of nitrogens with one attached hydrogen (secondary N) is 1. The Morgan fingerprint density at radius 2 is 1.86 bits per heavy atom. The molecule has 0 unspecified atom stereocenters. The zero-order valence-corrected chi connectivity index (χ0v) is 15.9. The molecule has 0 aliphatic carbocycles. The van der Waals surface area contributed by atoms with Gasteiger partial charge in [0.25, 0.3) is 11.8 Å². The number of aromatic nitrogens is 2. The number of amides is 1. The van der Waals surface area contributed by atoms with Crippen LogP contribution in [0.15, 0.2) is 53.1 Å². The van der Waals surface area contributed by atoms with Crippen molar-refractivity contribution in [2.75, 3.05) is 20.8 Å². The molecule has 150 valence electrons. The van der Waals surface area contributed by atoms with E-state index in [2.05, 4.69) is 15.5 Å². The summed E-state index contributed by atoms with van der Waals surface area (Å²) in [5, 5.41) is 6.36. The lowest BCUT2D eigenvalue weighted by atomic mass is 10.2. The highest BCUT2D eigenvalue weighted by molar-refractivity contribution is 5.95. The number of carbonyl (C=O) groups excluding carboxylic acids is 2. The molecule has 2 aromatic carbocycles. The summed E-state index contributed by atoms with van der Waals surface area (Å²) in [5.74, 6) is 0.539. The van der Waals surface area contributed by atoms with E-state index in [-0.39, 0.29) is 30.8 Å². The average molecular weight is 397 g/mol. The summed E-state index contributed by atoms with van der Waals surface area (Å²) >= 11 is 0. The summed E-state index contributed by atoms with van der Waals surface area (Å²) < 4.78 is 20.6. The topological polar surface area (TPSA) is 113 Å². The fraction of sp³-hybridized carbons (Fsp3) is 0.200. The van der Waals surface area contributed by atoms with Crippen molar-refractivity contribution in [2.45, 2.75) is 6.61 Å². The van der Waals surface area contributed by atoms with E-state index in [0.29, 0.717) is 22.6 Å². The number of carbonyl (C=O) groups is 2. The standard InChI is InChI=1S/C20H19N3O6/c1-26-14-8-9-15(16(10-14)27-2)19-22-17(29-23-19)12-28-18(24)11-21-20(25)13-6-4-3-5-7-13/h3-10H,11-12H2,1-2H3,(H,21,25). The molecule has 0 radical (unpaired) electrons. The van der Waals surface area contributed by atoms with E-state index in [9.17, 15) is 9.59 Å². The van der Waals surface area contributed by atoms with E-state index in [0.717, 1.165) is 0 Å². The lowest BCUT2D eigenvalue weighted by Crippen LogP contribution is -2.30. The van der Waals surface area contributed by atoms with Crippen molar-refractivity contribution in [1.82, 2.24) is 15.5 Å². The molecule has 1 heterocycles. The quantitative estimate of drug-likeness (QED) is 0.576. The lowest BCUT2D eigenvalue weighted by molar-refractivity contribution is -0.144. The van der Waals surface area contributed by atoms with E-state index in [4.69, 9.17) is 18.7 Å². The first kappa shape index (κ1) is 19.9. The second kappa shape index (κ2) is 9.36. The van der Waals surface area contributed by atoms with Crippen molar-refractivity contribution in [2.24, 2.45) is 0 Å². The third-order valence-electron chi connectivity index (χ3n) is 3.90. The minimum absolute atomic E-state index is 0.112. The maximum absolute atomic E-state index is 11.9. The number of hydrogen-bond donors (Lipinski definition) is 1. The van der Waals surface area contributed by atoms with Gasteiger partial charge in [-0.25, -0.2) is 0 Å². The summed E-state index contributed by atoms with van der Waals surface area (Å²) in [4.78, 5) is 27.9. The Morgan fingerprint density at radius 1 is 1.07 bits per heavy atom. The number of nitrogens with zero attached hydrogens (tertiary/aromatic N) is 2. The van der Waals surface area contributed by atoms with Gasteiger partial charge in [0.05, 0.1) is 19.8 Å². The van der Waals surface area contributed by atoms with Crippen molar-refractivity contribution in [3.8, 4) is 22.9 Å². The largest absolute Gasteiger partial charge is 0.497 e. The zero-order valence-electron chi connectivity index (χ0n) is 15.9. The first-order valence-corrected chi connectivity index (χ1v) is 8.64. The minimum atomic E-state index is -0.629. The van der Waals surface area contributed by atoms with Gasteiger partial charge in [0.2, 0.25) is 5.82 Å². The van der Waals surface area contributed by atoms with Gasteiger partial charge < -0.3 is 24.1 Å². The fourth-order valence-electron chi connectivity index (χ4n) is 2.44. The van der Waals surface area contributed by atoms with Crippen LogP contribution in [0.1, 0.15) is 16.2 Å². The van der Waals surface area contributed by atoms with Gasteiger partial charge in [-0.3, -0.25) is 9.59 Å². The number of rotatable bonds is 8. The van der Waals surface area contributed by atoms with Gasteiger partial charge in [-0.1, -0.05) is 23.4 Å². The summed E-state index contributed by atoms with van der Waals surface area (Å²) in [7, 11) is 3.07. The van der Waals surface area contributed by atoms with Crippen molar-refractivity contribution in [1.29, 1.82) is 0 Å². The van der Waals surface area contributed by atoms with Crippen molar-refractivity contribution < 1.29 is 28.3 Å². The van der Waals surface area contributed by atoms with Crippen LogP contribution in [0.4, 0.5) is 0 Å². The van der Waals surface area contributed by atoms with Gasteiger partial charge in [0.15, 0.2) is 6.61 Å². The van der Waals surface area contributed by atoms with E-state index in [1.165, 1.54) is 7.11 Å². The fourth-order valence-corrected chi connectivity index (χ4v) is 2.44. The van der Waals surface area contributed by atoms with Crippen molar-refractivity contribution >= 4 is 11.9 Å². The highest BCUT2D eigenvalue weighted by Crippen LogP contribution is 2.31. The van der Waals surface area contributed by atoms with Crippen molar-refractivity contribution in [3.63, 3.8) is 0 Å². The molecule has 0 spiro atoms. The van der Waals surface area contributed by atoms with E-state index >= 15 is 0 Å². The van der Waals surface area contributed by atoms with Crippen LogP contribution in [0.25, 0.3) is 11.4 Å². The van der Waals surface area contributed by atoms with Crippen LogP contribution in [0.2, 0.25) is 0 Å². The maximum Gasteiger partial charge on any atom is 0.325 e. The highest BCUT2D eigenvalue weighted by Gasteiger charge is 2.16. The molecule has 0 aliphatic rings. The molecule has 1 aromatic heterocycles. The number of hydrogen-bond acceptors (Lipinski definition) is 8. The van der Waals surface area contributed by atoms with Crippen LogP contribution < -0.4 is 14.8 Å². The summed E-state index contributed by atoms with van der Waals surface area (Å²) in [5.41, 5.74) is 1.06. The molecule has 0 aliphatic heterocycles. The van der Waals surface area contributed by atoms with Gasteiger partial charge in [-0.15, -0.1) is 0 Å². The van der Waals surface area contributed by atoms with E-state index in [1.807, 2.05) is 0 Å². The Labute approximate surface area is 166 Å². The first-order valence-electron chi connectivity index (χ1n) is 8.64. The molecule has 1 N–H and O–H groups in total. The number of ether oxygens (including phenoxy) is 3. The van der Waals surface area contributed by atoms with Gasteiger partial charge in [-0.05, 0) is 24.3 Å². The molecule has 0 fully saturated rings. The Kier molecular flexibility index (Phi) is 6.41. The molecule has 9 heteroatoms. The Morgan fingerprint density at radius 3 is 2.59 bits per heavy atom. The molecule has 1 amide bonds. The predicted molar refractivity (Wildman–Crippen MR) is 101 cm³/mol. The van der Waals surface area contributed by atoms with Crippen molar-refractivity contribution in [3.05, 3.63) is 60.0 Å². The summed E-state index contributed by atoms with van der Waals surface area (Å²) in [6.07, 6.45) is 0.